The quantitative estimate of drug-likeness (QED) is 0.466. The van der Waals surface area contributed by atoms with Crippen molar-refractivity contribution in [3.8, 4) is 22.6 Å². The van der Waals surface area contributed by atoms with E-state index in [2.05, 4.69) is 41.9 Å². The number of thiophene rings is 1. The molecule has 2 heterocycles. The summed E-state index contributed by atoms with van der Waals surface area (Å²) in [7, 11) is 1.64. The number of aromatic nitrogens is 1. The first-order valence-electron chi connectivity index (χ1n) is 9.38. The highest BCUT2D eigenvalue weighted by Crippen LogP contribution is 2.35. The van der Waals surface area contributed by atoms with Crippen LogP contribution in [0.25, 0.3) is 16.8 Å². The van der Waals surface area contributed by atoms with Gasteiger partial charge in [0.15, 0.2) is 0 Å². The van der Waals surface area contributed by atoms with E-state index < -0.39 is 0 Å². The van der Waals surface area contributed by atoms with Crippen LogP contribution in [0, 0.1) is 6.92 Å². The molecule has 0 saturated heterocycles. The maximum atomic E-state index is 13.0. The Morgan fingerprint density at radius 3 is 2.55 bits per heavy atom. The molecule has 0 saturated carbocycles. The molecule has 4 rings (SSSR count). The van der Waals surface area contributed by atoms with Crippen molar-refractivity contribution in [1.82, 2.24) is 9.88 Å². The Morgan fingerprint density at radius 2 is 1.83 bits per heavy atom. The Bertz CT molecular complexity index is 1110. The smallest absolute Gasteiger partial charge is 0.263 e. The standard InChI is InChI=1S/C24H22N2O2S/c1-17-8-10-19(11-9-17)21-16-29-23(22(21)26-12-3-4-13-26)24(27)25-15-18-6-5-7-20(14-18)28-2/h3-14,16H,15H2,1-2H3,(H,25,27). The summed E-state index contributed by atoms with van der Waals surface area (Å²) in [5.74, 6) is 0.697. The number of nitrogens with one attached hydrogen (secondary N) is 1. The monoisotopic (exact) mass is 402 g/mol. The van der Waals surface area contributed by atoms with Crippen molar-refractivity contribution in [3.63, 3.8) is 0 Å². The van der Waals surface area contributed by atoms with Crippen molar-refractivity contribution in [2.45, 2.75) is 13.5 Å². The number of amides is 1. The molecule has 0 spiro atoms. The van der Waals surface area contributed by atoms with Gasteiger partial charge in [0.05, 0.1) is 12.8 Å². The van der Waals surface area contributed by atoms with Crippen molar-refractivity contribution in [1.29, 1.82) is 0 Å². The summed E-state index contributed by atoms with van der Waals surface area (Å²) in [6.07, 6.45) is 3.94. The fourth-order valence-corrected chi connectivity index (χ4v) is 4.23. The van der Waals surface area contributed by atoms with Crippen molar-refractivity contribution in [2.24, 2.45) is 0 Å². The van der Waals surface area contributed by atoms with Crippen LogP contribution in [0.1, 0.15) is 20.8 Å². The third-order valence-electron chi connectivity index (χ3n) is 4.78. The van der Waals surface area contributed by atoms with E-state index in [4.69, 9.17) is 4.74 Å². The van der Waals surface area contributed by atoms with Crippen LogP contribution in [-0.4, -0.2) is 17.6 Å². The third kappa shape index (κ3) is 4.10. The molecule has 29 heavy (non-hydrogen) atoms. The second-order valence-corrected chi connectivity index (χ2v) is 7.70. The SMILES string of the molecule is COc1cccc(CNC(=O)c2scc(-c3ccc(C)cc3)c2-n2cccc2)c1. The number of aryl methyl sites for hydroxylation is 1. The molecule has 2 aromatic heterocycles. The topological polar surface area (TPSA) is 43.3 Å². The summed E-state index contributed by atoms with van der Waals surface area (Å²) in [6, 6.07) is 20.0. The fraction of sp³-hybridized carbons (Fsp3) is 0.125. The van der Waals surface area contributed by atoms with E-state index in [-0.39, 0.29) is 5.91 Å². The lowest BCUT2D eigenvalue weighted by atomic mass is 10.0. The van der Waals surface area contributed by atoms with Gasteiger partial charge in [0, 0.05) is 29.9 Å². The second kappa shape index (κ2) is 8.37. The van der Waals surface area contributed by atoms with Gasteiger partial charge in [0.25, 0.3) is 5.91 Å². The minimum atomic E-state index is -0.0834. The number of rotatable bonds is 6. The van der Waals surface area contributed by atoms with Gasteiger partial charge in [-0.3, -0.25) is 4.79 Å². The second-order valence-electron chi connectivity index (χ2n) is 6.82. The van der Waals surface area contributed by atoms with Crippen LogP contribution in [0.2, 0.25) is 0 Å². The first-order chi connectivity index (χ1) is 14.2. The molecule has 4 nitrogen and oxygen atoms in total. The number of carbonyl (C=O) groups is 1. The van der Waals surface area contributed by atoms with E-state index in [1.165, 1.54) is 16.9 Å². The minimum Gasteiger partial charge on any atom is -0.497 e. The van der Waals surface area contributed by atoms with E-state index in [9.17, 15) is 4.79 Å². The highest BCUT2D eigenvalue weighted by atomic mass is 32.1. The van der Waals surface area contributed by atoms with Crippen LogP contribution < -0.4 is 10.1 Å². The van der Waals surface area contributed by atoms with Crippen LogP contribution in [0.4, 0.5) is 0 Å². The van der Waals surface area contributed by atoms with E-state index in [1.54, 1.807) is 7.11 Å². The molecule has 5 heteroatoms. The fourth-order valence-electron chi connectivity index (χ4n) is 3.24. The summed E-state index contributed by atoms with van der Waals surface area (Å²) in [5.41, 5.74) is 5.27. The van der Waals surface area contributed by atoms with Gasteiger partial charge in [-0.1, -0.05) is 42.0 Å². The van der Waals surface area contributed by atoms with Gasteiger partial charge in [-0.2, -0.15) is 0 Å². The molecule has 1 N–H and O–H groups in total. The average Bonchev–Trinajstić information content (AvgIpc) is 3.42. The number of nitrogens with zero attached hydrogens (tertiary/aromatic N) is 1. The molecule has 0 aliphatic rings. The summed E-state index contributed by atoms with van der Waals surface area (Å²) in [6.45, 7) is 2.51. The van der Waals surface area contributed by atoms with E-state index >= 15 is 0 Å². The predicted octanol–water partition coefficient (Wildman–Crippen LogP) is 5.45. The van der Waals surface area contributed by atoms with Crippen molar-refractivity contribution >= 4 is 17.2 Å². The molecule has 0 fully saturated rings. The molecule has 0 unspecified atom stereocenters. The Kier molecular flexibility index (Phi) is 5.49. The van der Waals surface area contributed by atoms with E-state index in [0.717, 1.165) is 28.1 Å². The average molecular weight is 403 g/mol. The Labute approximate surface area is 174 Å². The predicted molar refractivity (Wildman–Crippen MR) is 118 cm³/mol. The highest BCUT2D eigenvalue weighted by Gasteiger charge is 2.20. The molecule has 0 bridgehead atoms. The van der Waals surface area contributed by atoms with Crippen molar-refractivity contribution in [3.05, 3.63) is 94.4 Å². The number of hydrogen-bond acceptors (Lipinski definition) is 3. The van der Waals surface area contributed by atoms with Gasteiger partial charge in [0.1, 0.15) is 10.6 Å². The molecule has 0 aliphatic carbocycles. The first kappa shape index (κ1) is 19.0. The molecule has 0 aliphatic heterocycles. The lowest BCUT2D eigenvalue weighted by Gasteiger charge is -2.11. The molecule has 0 atom stereocenters. The van der Waals surface area contributed by atoms with Crippen LogP contribution >= 0.6 is 11.3 Å². The molecule has 146 valence electrons. The summed E-state index contributed by atoms with van der Waals surface area (Å²) in [4.78, 5) is 13.7. The van der Waals surface area contributed by atoms with Crippen molar-refractivity contribution in [2.75, 3.05) is 7.11 Å². The number of benzene rings is 2. The van der Waals surface area contributed by atoms with Crippen LogP contribution in [-0.2, 0) is 6.54 Å². The number of hydrogen-bond donors (Lipinski definition) is 1. The maximum absolute atomic E-state index is 13.0. The van der Waals surface area contributed by atoms with Crippen LogP contribution in [0.15, 0.2) is 78.4 Å². The summed E-state index contributed by atoms with van der Waals surface area (Å²) >= 11 is 1.47. The van der Waals surface area contributed by atoms with Crippen LogP contribution in [0.5, 0.6) is 5.75 Å². The molecule has 4 aromatic rings. The number of ether oxygens (including phenoxy) is 1. The number of carbonyl (C=O) groups excluding carboxylic acids is 1. The minimum absolute atomic E-state index is 0.0834. The van der Waals surface area contributed by atoms with Gasteiger partial charge in [-0.05, 0) is 42.3 Å². The van der Waals surface area contributed by atoms with E-state index in [0.29, 0.717) is 11.4 Å². The van der Waals surface area contributed by atoms with E-state index in [1.807, 2.05) is 53.4 Å². The molecule has 0 radical (unpaired) electrons. The molecule has 1 amide bonds. The van der Waals surface area contributed by atoms with Crippen LogP contribution in [0.3, 0.4) is 0 Å². The largest absolute Gasteiger partial charge is 0.497 e. The zero-order chi connectivity index (χ0) is 20.2. The molecular formula is C24H22N2O2S. The Balaban J connectivity index is 1.64. The van der Waals surface area contributed by atoms with Gasteiger partial charge in [-0.15, -0.1) is 11.3 Å². The van der Waals surface area contributed by atoms with Gasteiger partial charge in [-0.25, -0.2) is 0 Å². The zero-order valence-electron chi connectivity index (χ0n) is 16.4. The van der Waals surface area contributed by atoms with Gasteiger partial charge >= 0.3 is 0 Å². The third-order valence-corrected chi connectivity index (χ3v) is 5.75. The Hall–Kier alpha value is -3.31. The lowest BCUT2D eigenvalue weighted by Crippen LogP contribution is -2.23. The Morgan fingerprint density at radius 1 is 1.07 bits per heavy atom. The number of methoxy groups -OCH3 is 1. The molecular weight excluding hydrogens is 380 g/mol. The zero-order valence-corrected chi connectivity index (χ0v) is 17.2. The van der Waals surface area contributed by atoms with Crippen molar-refractivity contribution < 1.29 is 9.53 Å². The highest BCUT2D eigenvalue weighted by molar-refractivity contribution is 7.13. The maximum Gasteiger partial charge on any atom is 0.263 e. The van der Waals surface area contributed by atoms with Gasteiger partial charge in [0.2, 0.25) is 0 Å². The first-order valence-corrected chi connectivity index (χ1v) is 10.3. The molecule has 2 aromatic carbocycles. The summed E-state index contributed by atoms with van der Waals surface area (Å²) < 4.78 is 7.27. The summed E-state index contributed by atoms with van der Waals surface area (Å²) in [5, 5.41) is 5.10. The normalized spacial score (nSPS) is 10.7. The van der Waals surface area contributed by atoms with Gasteiger partial charge < -0.3 is 14.6 Å². The lowest BCUT2D eigenvalue weighted by molar-refractivity contribution is 0.0955.